The van der Waals surface area contributed by atoms with Crippen molar-refractivity contribution < 1.29 is 45.0 Å². The first kappa shape index (κ1) is 37.2. The standard InChI is InChI=1S/C44H59NO9/c1-23-7-6-10-25-16-31-34(48)11-14-41(22-47)35-12-13-40(2)37-27(20-42(40,51)44(35,53)39(50)32(18-28(23)25)43(31,41)52)15-29(38-30(37)19-36(49)54-38)33(45-3)17-24-8-4-5-9-26(24)21-46/h4-6,8-10,19,22-23,25,27-29,31-35,37-39,45-46,48,50-53H,7,11-18,20-21H2,1-3H3. The summed E-state index contributed by atoms with van der Waals surface area (Å²) in [6.07, 6.45) is 8.07. The Hall–Kier alpha value is -2.44. The van der Waals surface area contributed by atoms with E-state index >= 15 is 0 Å². The Bertz CT molecular complexity index is 1760. The van der Waals surface area contributed by atoms with Crippen molar-refractivity contribution in [1.82, 2.24) is 5.32 Å². The molecule has 18 atom stereocenters. The van der Waals surface area contributed by atoms with Crippen LogP contribution in [0.2, 0.25) is 0 Å². The smallest absolute Gasteiger partial charge is 0.331 e. The predicted octanol–water partition coefficient (Wildman–Crippen LogP) is 3.00. The number of aldehydes is 1. The Morgan fingerprint density at radius 1 is 1.02 bits per heavy atom. The molecule has 10 nitrogen and oxygen atoms in total. The fraction of sp³-hybridized carbons (Fsp3) is 0.727. The Kier molecular flexibility index (Phi) is 8.62. The number of allylic oxidation sites excluding steroid dienone is 2. The summed E-state index contributed by atoms with van der Waals surface area (Å²) in [5, 5.41) is 78.7. The Morgan fingerprint density at radius 2 is 1.78 bits per heavy atom. The van der Waals surface area contributed by atoms with E-state index in [1.165, 1.54) is 0 Å². The molecule has 1 aromatic carbocycles. The van der Waals surface area contributed by atoms with E-state index in [4.69, 9.17) is 4.74 Å². The van der Waals surface area contributed by atoms with Gasteiger partial charge >= 0.3 is 5.97 Å². The van der Waals surface area contributed by atoms with Gasteiger partial charge in [-0.1, -0.05) is 50.3 Å². The number of likely N-dealkylation sites (N-methyl/N-ethyl adjacent to an activating group) is 1. The molecule has 10 heteroatoms. The molecule has 0 radical (unpaired) electrons. The number of hydrogen-bond donors (Lipinski definition) is 7. The highest BCUT2D eigenvalue weighted by atomic mass is 16.5. The number of carbonyl (C=O) groups is 2. The lowest BCUT2D eigenvalue weighted by atomic mass is 9.35. The average Bonchev–Trinajstić information content (AvgIpc) is 3.60. The molecule has 8 aliphatic rings. The maximum Gasteiger partial charge on any atom is 0.331 e. The summed E-state index contributed by atoms with van der Waals surface area (Å²) in [6.45, 7) is 4.08. The van der Waals surface area contributed by atoms with E-state index in [-0.39, 0.29) is 61.0 Å². The van der Waals surface area contributed by atoms with Gasteiger partial charge in [0.15, 0.2) is 0 Å². The van der Waals surface area contributed by atoms with Crippen LogP contribution in [0.4, 0.5) is 0 Å². The Balaban J connectivity index is 1.14. The fourth-order valence-electron chi connectivity index (χ4n) is 15.3. The molecule has 9 rings (SSSR count). The normalized spacial score (nSPS) is 51.9. The van der Waals surface area contributed by atoms with Gasteiger partial charge in [-0.2, -0.15) is 0 Å². The van der Waals surface area contributed by atoms with Gasteiger partial charge in [-0.25, -0.2) is 4.79 Å². The predicted molar refractivity (Wildman–Crippen MR) is 198 cm³/mol. The molecular weight excluding hydrogens is 686 g/mol. The van der Waals surface area contributed by atoms with Gasteiger partial charge < -0.3 is 45.5 Å². The second-order valence-electron chi connectivity index (χ2n) is 19.3. The molecule has 1 aromatic rings. The van der Waals surface area contributed by atoms with Crippen molar-refractivity contribution in [3.8, 4) is 0 Å². The third-order valence-corrected chi connectivity index (χ3v) is 17.7. The van der Waals surface area contributed by atoms with Gasteiger partial charge in [-0.05, 0) is 118 Å². The van der Waals surface area contributed by atoms with Gasteiger partial charge in [0.05, 0.1) is 29.8 Å². The number of rotatable bonds is 6. The molecule has 294 valence electrons. The average molecular weight is 746 g/mol. The minimum atomic E-state index is -2.15. The number of esters is 1. The van der Waals surface area contributed by atoms with E-state index in [9.17, 15) is 40.2 Å². The number of benzene rings is 1. The SMILES string of the molecule is CNC(Cc1ccccc1CO)C1CC2CC3(O)C(C)(CCC4C5(C=O)CCC(O)C6CC7C=CCC(C)C7CC(C(O)C43O)C65O)C2C2=CC(=O)OC21. The molecular formula is C44H59NO9. The maximum absolute atomic E-state index is 13.9. The number of nitrogens with one attached hydrogen (secondary N) is 1. The van der Waals surface area contributed by atoms with Crippen LogP contribution in [-0.4, -0.2) is 91.1 Å². The molecule has 18 unspecified atom stereocenters. The summed E-state index contributed by atoms with van der Waals surface area (Å²) in [4.78, 5) is 27.1. The third-order valence-electron chi connectivity index (χ3n) is 17.7. The number of aliphatic hydroxyl groups is 6. The number of carbonyl (C=O) groups excluding carboxylic acids is 2. The molecule has 0 amide bonds. The van der Waals surface area contributed by atoms with E-state index in [1.807, 2.05) is 38.2 Å². The second kappa shape index (κ2) is 12.5. The van der Waals surface area contributed by atoms with Crippen LogP contribution in [0.1, 0.15) is 82.8 Å². The van der Waals surface area contributed by atoms with Gasteiger partial charge in [0.2, 0.25) is 0 Å². The lowest BCUT2D eigenvalue weighted by molar-refractivity contribution is -0.373. The fourth-order valence-corrected chi connectivity index (χ4v) is 15.3. The molecule has 7 aliphatic carbocycles. The minimum Gasteiger partial charge on any atom is -0.454 e. The van der Waals surface area contributed by atoms with Gasteiger partial charge in [-0.3, -0.25) is 0 Å². The van der Waals surface area contributed by atoms with Crippen molar-refractivity contribution in [3.05, 3.63) is 59.2 Å². The Labute approximate surface area is 318 Å². The van der Waals surface area contributed by atoms with Crippen molar-refractivity contribution in [2.75, 3.05) is 7.05 Å². The zero-order valence-corrected chi connectivity index (χ0v) is 31.8. The van der Waals surface area contributed by atoms with Crippen molar-refractivity contribution in [2.45, 2.75) is 126 Å². The summed E-state index contributed by atoms with van der Waals surface area (Å²) in [6, 6.07) is 7.63. The molecule has 0 aromatic heterocycles. The highest BCUT2D eigenvalue weighted by molar-refractivity contribution is 5.86. The van der Waals surface area contributed by atoms with Gasteiger partial charge in [0.1, 0.15) is 23.6 Å². The van der Waals surface area contributed by atoms with Crippen molar-refractivity contribution >= 4 is 12.3 Å². The van der Waals surface area contributed by atoms with Crippen molar-refractivity contribution in [1.29, 1.82) is 0 Å². The van der Waals surface area contributed by atoms with Crippen LogP contribution in [0.15, 0.2) is 48.1 Å². The van der Waals surface area contributed by atoms with Crippen LogP contribution in [-0.2, 0) is 27.4 Å². The summed E-state index contributed by atoms with van der Waals surface area (Å²) < 4.78 is 6.11. The summed E-state index contributed by atoms with van der Waals surface area (Å²) in [5.74, 6) is -3.26. The van der Waals surface area contributed by atoms with Crippen LogP contribution in [0.25, 0.3) is 0 Å². The summed E-state index contributed by atoms with van der Waals surface area (Å²) >= 11 is 0. The number of aliphatic hydroxyl groups excluding tert-OH is 3. The molecule has 0 spiro atoms. The van der Waals surface area contributed by atoms with Crippen LogP contribution >= 0.6 is 0 Å². The van der Waals surface area contributed by atoms with Crippen LogP contribution < -0.4 is 5.32 Å². The largest absolute Gasteiger partial charge is 0.454 e. The quantitative estimate of drug-likeness (QED) is 0.130. The maximum atomic E-state index is 13.9. The van der Waals surface area contributed by atoms with E-state index in [0.717, 1.165) is 29.4 Å². The molecule has 6 fully saturated rings. The number of ether oxygens (including phenoxy) is 1. The number of fused-ring (bicyclic) bond motifs is 9. The molecule has 54 heavy (non-hydrogen) atoms. The van der Waals surface area contributed by atoms with E-state index in [0.29, 0.717) is 44.9 Å². The van der Waals surface area contributed by atoms with E-state index < -0.39 is 69.7 Å². The van der Waals surface area contributed by atoms with Crippen LogP contribution in [0.3, 0.4) is 0 Å². The molecule has 6 saturated carbocycles. The first-order chi connectivity index (χ1) is 25.7. The molecule has 0 bridgehead atoms. The van der Waals surface area contributed by atoms with Crippen molar-refractivity contribution in [2.24, 2.45) is 64.1 Å². The third kappa shape index (κ3) is 4.48. The second-order valence-corrected chi connectivity index (χ2v) is 19.3. The molecule has 1 heterocycles. The van der Waals surface area contributed by atoms with Crippen molar-refractivity contribution in [3.63, 3.8) is 0 Å². The highest BCUT2D eigenvalue weighted by Crippen LogP contribution is 2.76. The topological polar surface area (TPSA) is 177 Å². The lowest BCUT2D eigenvalue weighted by Crippen LogP contribution is -2.85. The Morgan fingerprint density at radius 3 is 2.50 bits per heavy atom. The van der Waals surface area contributed by atoms with Gasteiger partial charge in [-0.15, -0.1) is 0 Å². The first-order valence-electron chi connectivity index (χ1n) is 20.7. The monoisotopic (exact) mass is 745 g/mol. The lowest BCUT2D eigenvalue weighted by Gasteiger charge is -2.72. The number of hydrogen-bond acceptors (Lipinski definition) is 10. The van der Waals surface area contributed by atoms with Gasteiger partial charge in [0, 0.05) is 41.2 Å². The molecule has 0 saturated heterocycles. The van der Waals surface area contributed by atoms with E-state index in [2.05, 4.69) is 24.4 Å². The minimum absolute atomic E-state index is 0.0576. The highest BCUT2D eigenvalue weighted by Gasteiger charge is 2.85. The molecule has 1 aliphatic heterocycles. The van der Waals surface area contributed by atoms with Gasteiger partial charge in [0.25, 0.3) is 0 Å². The molecule has 7 N–H and O–H groups in total. The van der Waals surface area contributed by atoms with E-state index in [1.54, 1.807) is 6.08 Å². The van der Waals surface area contributed by atoms with Crippen LogP contribution in [0, 0.1) is 64.1 Å². The zero-order valence-electron chi connectivity index (χ0n) is 31.8. The zero-order chi connectivity index (χ0) is 38.2. The summed E-state index contributed by atoms with van der Waals surface area (Å²) in [7, 11) is 1.89. The summed E-state index contributed by atoms with van der Waals surface area (Å²) in [5.41, 5.74) is -5.57. The van der Waals surface area contributed by atoms with Crippen LogP contribution in [0.5, 0.6) is 0 Å². The first-order valence-corrected chi connectivity index (χ1v) is 20.7.